The highest BCUT2D eigenvalue weighted by atomic mass is 79.9. The van der Waals surface area contributed by atoms with Gasteiger partial charge in [0.2, 0.25) is 0 Å². The zero-order valence-corrected chi connectivity index (χ0v) is 10.4. The second kappa shape index (κ2) is 6.08. The van der Waals surface area contributed by atoms with Crippen LogP contribution >= 0.6 is 27.5 Å². The molecule has 2 unspecified atom stereocenters. The molecule has 0 amide bonds. The number of hydrogen-bond acceptors (Lipinski definition) is 3. The Kier molecular flexibility index (Phi) is 5.05. The number of hydrogen-bond donors (Lipinski definition) is 2. The molecule has 0 saturated heterocycles. The van der Waals surface area contributed by atoms with Gasteiger partial charge in [0.1, 0.15) is 6.10 Å². The van der Waals surface area contributed by atoms with Crippen molar-refractivity contribution in [3.63, 3.8) is 0 Å². The van der Waals surface area contributed by atoms with Gasteiger partial charge in [-0.15, -0.1) is 0 Å². The van der Waals surface area contributed by atoms with Crippen LogP contribution < -0.4 is 0 Å². The molecule has 1 rings (SSSR count). The fourth-order valence-electron chi connectivity index (χ4n) is 1.14. The summed E-state index contributed by atoms with van der Waals surface area (Å²) in [6, 6.07) is 4.83. The third kappa shape index (κ3) is 3.37. The molecule has 0 saturated carbocycles. The topological polar surface area (TPSA) is 89.2 Å². The first-order valence-corrected chi connectivity index (χ1v) is 5.55. The molecule has 5 nitrogen and oxygen atoms in total. The van der Waals surface area contributed by atoms with Crippen molar-refractivity contribution in [1.29, 1.82) is 0 Å². The van der Waals surface area contributed by atoms with E-state index >= 15 is 0 Å². The summed E-state index contributed by atoms with van der Waals surface area (Å²) >= 11 is 9.06. The van der Waals surface area contributed by atoms with E-state index in [-0.39, 0.29) is 6.54 Å². The summed E-state index contributed by atoms with van der Waals surface area (Å²) in [4.78, 5) is 2.50. The van der Waals surface area contributed by atoms with E-state index in [1.165, 1.54) is 6.07 Å². The van der Waals surface area contributed by atoms with Crippen molar-refractivity contribution in [2.45, 2.75) is 12.2 Å². The zero-order chi connectivity index (χ0) is 12.1. The van der Waals surface area contributed by atoms with Gasteiger partial charge in [-0.05, 0) is 39.2 Å². The molecule has 0 heterocycles. The molecule has 0 fully saturated rings. The summed E-state index contributed by atoms with van der Waals surface area (Å²) in [5.41, 5.74) is 8.55. The lowest BCUT2D eigenvalue weighted by Crippen LogP contribution is -2.21. The van der Waals surface area contributed by atoms with E-state index < -0.39 is 12.2 Å². The van der Waals surface area contributed by atoms with Gasteiger partial charge in [-0.3, -0.25) is 0 Å². The second-order valence-electron chi connectivity index (χ2n) is 3.10. The van der Waals surface area contributed by atoms with Crippen molar-refractivity contribution in [2.24, 2.45) is 5.11 Å². The van der Waals surface area contributed by atoms with Crippen LogP contribution in [0.4, 0.5) is 0 Å². The van der Waals surface area contributed by atoms with Gasteiger partial charge in [0.15, 0.2) is 0 Å². The van der Waals surface area contributed by atoms with E-state index in [0.717, 1.165) is 0 Å². The molecule has 0 aromatic heterocycles. The Balaban J connectivity index is 2.82. The maximum absolute atomic E-state index is 9.72. The number of azide groups is 1. The molecule has 7 heteroatoms. The monoisotopic (exact) mass is 305 g/mol. The minimum absolute atomic E-state index is 0.189. The first-order valence-electron chi connectivity index (χ1n) is 4.38. The fourth-order valence-corrected chi connectivity index (χ4v) is 1.57. The van der Waals surface area contributed by atoms with Crippen molar-refractivity contribution in [2.75, 3.05) is 6.54 Å². The summed E-state index contributed by atoms with van der Waals surface area (Å²) in [5.74, 6) is 0. The molecule has 0 aliphatic heterocycles. The van der Waals surface area contributed by atoms with E-state index in [1.807, 2.05) is 0 Å². The predicted molar refractivity (Wildman–Crippen MR) is 64.1 cm³/mol. The van der Waals surface area contributed by atoms with E-state index in [4.69, 9.17) is 17.1 Å². The van der Waals surface area contributed by atoms with Gasteiger partial charge >= 0.3 is 0 Å². The maximum atomic E-state index is 9.72. The summed E-state index contributed by atoms with van der Waals surface area (Å²) in [6.45, 7) is -0.189. The van der Waals surface area contributed by atoms with E-state index in [1.54, 1.807) is 12.1 Å². The molecule has 2 atom stereocenters. The number of aliphatic hydroxyl groups excluding tert-OH is 2. The largest absolute Gasteiger partial charge is 0.390 e. The molecule has 1 aromatic carbocycles. The Morgan fingerprint density at radius 1 is 1.50 bits per heavy atom. The highest BCUT2D eigenvalue weighted by Gasteiger charge is 2.18. The number of benzene rings is 1. The fraction of sp³-hybridized carbons (Fsp3) is 0.333. The van der Waals surface area contributed by atoms with Crippen molar-refractivity contribution in [3.05, 3.63) is 43.7 Å². The van der Waals surface area contributed by atoms with Crippen molar-refractivity contribution < 1.29 is 10.2 Å². The Hall–Kier alpha value is -0.780. The zero-order valence-electron chi connectivity index (χ0n) is 8.09. The van der Waals surface area contributed by atoms with Crippen LogP contribution in [0.2, 0.25) is 5.02 Å². The Bertz CT molecular complexity index is 423. The van der Waals surface area contributed by atoms with Crippen LogP contribution in [0.3, 0.4) is 0 Å². The minimum atomic E-state index is -1.15. The molecule has 86 valence electrons. The quantitative estimate of drug-likeness (QED) is 0.509. The second-order valence-corrected chi connectivity index (χ2v) is 4.36. The number of halogens is 2. The summed E-state index contributed by atoms with van der Waals surface area (Å²) in [7, 11) is 0. The molecule has 0 aliphatic rings. The lowest BCUT2D eigenvalue weighted by atomic mass is 10.0. The maximum Gasteiger partial charge on any atom is 0.105 e. The van der Waals surface area contributed by atoms with E-state index in [2.05, 4.69) is 26.0 Å². The lowest BCUT2D eigenvalue weighted by molar-refractivity contribution is 0.0244. The number of aliphatic hydroxyl groups is 2. The van der Waals surface area contributed by atoms with Gasteiger partial charge < -0.3 is 10.2 Å². The van der Waals surface area contributed by atoms with Crippen LogP contribution in [0.15, 0.2) is 27.8 Å². The SMILES string of the molecule is [N-]=[N+]=NCC(O)C(O)c1ccc(Br)c(Cl)c1. The molecular weight excluding hydrogens is 297 g/mol. The van der Waals surface area contributed by atoms with Crippen LogP contribution in [0.1, 0.15) is 11.7 Å². The molecule has 2 N–H and O–H groups in total. The van der Waals surface area contributed by atoms with Crippen molar-refractivity contribution >= 4 is 27.5 Å². The Morgan fingerprint density at radius 3 is 2.75 bits per heavy atom. The first kappa shape index (κ1) is 13.3. The van der Waals surface area contributed by atoms with Gasteiger partial charge in [-0.25, -0.2) is 0 Å². The molecule has 0 spiro atoms. The minimum Gasteiger partial charge on any atom is -0.390 e. The van der Waals surface area contributed by atoms with Crippen LogP contribution in [0.25, 0.3) is 10.4 Å². The van der Waals surface area contributed by atoms with Crippen LogP contribution in [0.5, 0.6) is 0 Å². The van der Waals surface area contributed by atoms with Gasteiger partial charge in [0.25, 0.3) is 0 Å². The van der Waals surface area contributed by atoms with Gasteiger partial charge in [-0.2, -0.15) is 0 Å². The number of rotatable bonds is 4. The smallest absolute Gasteiger partial charge is 0.105 e. The van der Waals surface area contributed by atoms with Crippen LogP contribution in [-0.4, -0.2) is 22.9 Å². The normalized spacial score (nSPS) is 14.0. The van der Waals surface area contributed by atoms with Crippen LogP contribution in [-0.2, 0) is 0 Å². The highest BCUT2D eigenvalue weighted by molar-refractivity contribution is 9.10. The van der Waals surface area contributed by atoms with Crippen LogP contribution in [0, 0.1) is 0 Å². The third-order valence-electron chi connectivity index (χ3n) is 1.98. The van der Waals surface area contributed by atoms with Gasteiger partial charge in [0, 0.05) is 9.38 Å². The molecule has 0 aliphatic carbocycles. The molecular formula is C9H9BrClN3O2. The lowest BCUT2D eigenvalue weighted by Gasteiger charge is -2.16. The van der Waals surface area contributed by atoms with Gasteiger partial charge in [-0.1, -0.05) is 22.8 Å². The average molecular weight is 307 g/mol. The summed E-state index contributed by atoms with van der Waals surface area (Å²) < 4.78 is 0.703. The molecule has 16 heavy (non-hydrogen) atoms. The van der Waals surface area contributed by atoms with Gasteiger partial charge in [0.05, 0.1) is 17.7 Å². The van der Waals surface area contributed by atoms with Crippen molar-refractivity contribution in [3.8, 4) is 0 Å². The first-order chi connectivity index (χ1) is 7.56. The third-order valence-corrected chi connectivity index (χ3v) is 3.21. The molecule has 0 radical (unpaired) electrons. The standard InChI is InChI=1S/C9H9BrClN3O2/c10-6-2-1-5(3-7(6)11)9(16)8(15)4-13-14-12/h1-3,8-9,15-16H,4H2. The highest BCUT2D eigenvalue weighted by Crippen LogP contribution is 2.27. The average Bonchev–Trinajstić information content (AvgIpc) is 2.28. The predicted octanol–water partition coefficient (Wildman–Crippen LogP) is 2.81. The Morgan fingerprint density at radius 2 is 2.19 bits per heavy atom. The molecule has 0 bridgehead atoms. The molecule has 1 aromatic rings. The summed E-state index contributed by atoms with van der Waals surface area (Å²) in [6.07, 6.45) is -2.27. The summed E-state index contributed by atoms with van der Waals surface area (Å²) in [5, 5.41) is 22.8. The number of nitrogens with zero attached hydrogens (tertiary/aromatic N) is 3. The van der Waals surface area contributed by atoms with E-state index in [0.29, 0.717) is 15.1 Å². The van der Waals surface area contributed by atoms with E-state index in [9.17, 15) is 10.2 Å². The van der Waals surface area contributed by atoms with Crippen molar-refractivity contribution in [1.82, 2.24) is 0 Å². The Labute approximate surface area is 105 Å².